The molecule has 0 bridgehead atoms. The Balaban J connectivity index is 1.98. The van der Waals surface area contributed by atoms with E-state index in [0.29, 0.717) is 5.95 Å². The molecule has 18 heavy (non-hydrogen) atoms. The van der Waals surface area contributed by atoms with E-state index in [4.69, 9.17) is 5.73 Å². The van der Waals surface area contributed by atoms with Gasteiger partial charge in [-0.1, -0.05) is 12.8 Å². The van der Waals surface area contributed by atoms with Gasteiger partial charge < -0.3 is 15.5 Å². The second-order valence-electron chi connectivity index (χ2n) is 5.28. The molecule has 0 unspecified atom stereocenters. The van der Waals surface area contributed by atoms with E-state index in [-0.39, 0.29) is 0 Å². The van der Waals surface area contributed by atoms with Crippen molar-refractivity contribution in [3.05, 3.63) is 5.56 Å². The Bertz CT molecular complexity index is 437. The standard InChI is InChI=1S/C13H21N5/c1-17-9-6-10-11(17)15-13(14)16-12(10)18-7-4-2-3-5-8-18/h2-9H2,1H3,(H2,14,15,16). The molecule has 0 spiro atoms. The third-order valence-electron chi connectivity index (χ3n) is 3.95. The van der Waals surface area contributed by atoms with Crippen LogP contribution in [0.1, 0.15) is 31.2 Å². The highest BCUT2D eigenvalue weighted by Gasteiger charge is 2.25. The minimum absolute atomic E-state index is 0.404. The summed E-state index contributed by atoms with van der Waals surface area (Å²) >= 11 is 0. The summed E-state index contributed by atoms with van der Waals surface area (Å²) in [6.45, 7) is 3.23. The highest BCUT2D eigenvalue weighted by Crippen LogP contribution is 2.33. The number of anilines is 3. The van der Waals surface area contributed by atoms with E-state index >= 15 is 0 Å². The zero-order chi connectivity index (χ0) is 12.5. The first kappa shape index (κ1) is 11.6. The molecule has 2 aliphatic rings. The normalized spacial score (nSPS) is 19.8. The largest absolute Gasteiger partial charge is 0.368 e. The summed E-state index contributed by atoms with van der Waals surface area (Å²) in [6.07, 6.45) is 6.22. The Hall–Kier alpha value is -1.52. The molecule has 1 saturated heterocycles. The van der Waals surface area contributed by atoms with E-state index in [1.54, 1.807) is 0 Å². The number of aromatic nitrogens is 2. The molecular weight excluding hydrogens is 226 g/mol. The average Bonchev–Trinajstić information content (AvgIpc) is 2.60. The van der Waals surface area contributed by atoms with Gasteiger partial charge in [0.2, 0.25) is 5.95 Å². The molecule has 5 nitrogen and oxygen atoms in total. The number of hydrogen-bond donors (Lipinski definition) is 1. The van der Waals surface area contributed by atoms with Gasteiger partial charge in [-0.05, 0) is 19.3 Å². The fourth-order valence-electron chi connectivity index (χ4n) is 2.95. The molecule has 0 aromatic carbocycles. The lowest BCUT2D eigenvalue weighted by Gasteiger charge is -2.24. The maximum Gasteiger partial charge on any atom is 0.223 e. The molecule has 0 amide bonds. The molecule has 0 saturated carbocycles. The minimum Gasteiger partial charge on any atom is -0.368 e. The van der Waals surface area contributed by atoms with Crippen LogP contribution in [0.2, 0.25) is 0 Å². The number of fused-ring (bicyclic) bond motifs is 1. The van der Waals surface area contributed by atoms with Gasteiger partial charge in [-0.25, -0.2) is 0 Å². The molecule has 98 valence electrons. The van der Waals surface area contributed by atoms with Crippen LogP contribution in [0.3, 0.4) is 0 Å². The first-order chi connectivity index (χ1) is 8.75. The Kier molecular flexibility index (Phi) is 2.97. The molecule has 0 aliphatic carbocycles. The lowest BCUT2D eigenvalue weighted by Crippen LogP contribution is -2.26. The highest BCUT2D eigenvalue weighted by molar-refractivity contribution is 5.65. The van der Waals surface area contributed by atoms with Crippen LogP contribution < -0.4 is 15.5 Å². The van der Waals surface area contributed by atoms with Crippen LogP contribution in [-0.2, 0) is 6.42 Å². The molecule has 3 rings (SSSR count). The van der Waals surface area contributed by atoms with Crippen molar-refractivity contribution < 1.29 is 0 Å². The number of nitrogen functional groups attached to an aromatic ring is 1. The van der Waals surface area contributed by atoms with E-state index in [9.17, 15) is 0 Å². The van der Waals surface area contributed by atoms with Crippen molar-refractivity contribution in [1.29, 1.82) is 0 Å². The first-order valence-corrected chi connectivity index (χ1v) is 6.88. The Morgan fingerprint density at radius 1 is 0.944 bits per heavy atom. The first-order valence-electron chi connectivity index (χ1n) is 6.88. The Morgan fingerprint density at radius 2 is 1.61 bits per heavy atom. The number of rotatable bonds is 1. The lowest BCUT2D eigenvalue weighted by atomic mass is 10.2. The van der Waals surface area contributed by atoms with Gasteiger partial charge in [0.25, 0.3) is 0 Å². The van der Waals surface area contributed by atoms with Crippen LogP contribution in [0.15, 0.2) is 0 Å². The highest BCUT2D eigenvalue weighted by atomic mass is 15.3. The van der Waals surface area contributed by atoms with Crippen molar-refractivity contribution in [1.82, 2.24) is 9.97 Å². The summed E-state index contributed by atoms with van der Waals surface area (Å²) in [5, 5.41) is 0. The molecule has 0 atom stereocenters. The van der Waals surface area contributed by atoms with Gasteiger partial charge in [-0.2, -0.15) is 9.97 Å². The maximum atomic E-state index is 5.86. The minimum atomic E-state index is 0.404. The topological polar surface area (TPSA) is 58.3 Å². The number of nitrogens with zero attached hydrogens (tertiary/aromatic N) is 4. The van der Waals surface area contributed by atoms with Gasteiger partial charge in [0.1, 0.15) is 11.6 Å². The second kappa shape index (κ2) is 4.63. The van der Waals surface area contributed by atoms with E-state index < -0.39 is 0 Å². The predicted molar refractivity (Wildman–Crippen MR) is 74.1 cm³/mol. The van der Waals surface area contributed by atoms with E-state index in [1.807, 2.05) is 0 Å². The summed E-state index contributed by atoms with van der Waals surface area (Å²) in [6, 6.07) is 0. The van der Waals surface area contributed by atoms with Crippen molar-refractivity contribution >= 4 is 17.6 Å². The molecule has 1 aromatic heterocycles. The van der Waals surface area contributed by atoms with Gasteiger partial charge in [0, 0.05) is 32.2 Å². The summed E-state index contributed by atoms with van der Waals surface area (Å²) in [5.41, 5.74) is 7.15. The van der Waals surface area contributed by atoms with Crippen LogP contribution in [0.25, 0.3) is 0 Å². The monoisotopic (exact) mass is 247 g/mol. The van der Waals surface area contributed by atoms with E-state index in [1.165, 1.54) is 31.2 Å². The zero-order valence-electron chi connectivity index (χ0n) is 11.0. The van der Waals surface area contributed by atoms with E-state index in [0.717, 1.165) is 37.7 Å². The summed E-state index contributed by atoms with van der Waals surface area (Å²) in [7, 11) is 2.07. The van der Waals surface area contributed by atoms with Crippen molar-refractivity contribution in [3.63, 3.8) is 0 Å². The SMILES string of the molecule is CN1CCc2c1nc(N)nc2N1CCCCCC1. The van der Waals surface area contributed by atoms with Crippen molar-refractivity contribution in [3.8, 4) is 0 Å². The summed E-state index contributed by atoms with van der Waals surface area (Å²) in [5.74, 6) is 2.52. The quantitative estimate of drug-likeness (QED) is 0.813. The van der Waals surface area contributed by atoms with Crippen molar-refractivity contribution in [2.24, 2.45) is 0 Å². The van der Waals surface area contributed by atoms with Crippen LogP contribution in [0.4, 0.5) is 17.6 Å². The van der Waals surface area contributed by atoms with Gasteiger partial charge >= 0.3 is 0 Å². The third kappa shape index (κ3) is 1.98. The Morgan fingerprint density at radius 3 is 2.33 bits per heavy atom. The predicted octanol–water partition coefficient (Wildman–Crippen LogP) is 1.43. The molecule has 5 heteroatoms. The fourth-order valence-corrected chi connectivity index (χ4v) is 2.95. The Labute approximate surface area is 108 Å². The van der Waals surface area contributed by atoms with Gasteiger partial charge in [-0.15, -0.1) is 0 Å². The number of nitrogens with two attached hydrogens (primary N) is 1. The fraction of sp³-hybridized carbons (Fsp3) is 0.692. The average molecular weight is 247 g/mol. The molecule has 1 aromatic rings. The second-order valence-corrected chi connectivity index (χ2v) is 5.28. The smallest absolute Gasteiger partial charge is 0.223 e. The van der Waals surface area contributed by atoms with Crippen LogP contribution in [0.5, 0.6) is 0 Å². The zero-order valence-corrected chi connectivity index (χ0v) is 11.0. The van der Waals surface area contributed by atoms with Gasteiger partial charge in [-0.3, -0.25) is 0 Å². The molecule has 1 fully saturated rings. The molecular formula is C13H21N5. The summed E-state index contributed by atoms with van der Waals surface area (Å²) < 4.78 is 0. The molecule has 3 heterocycles. The van der Waals surface area contributed by atoms with Crippen LogP contribution in [0, 0.1) is 0 Å². The number of likely N-dealkylation sites (N-methyl/N-ethyl adjacent to an activating group) is 1. The van der Waals surface area contributed by atoms with Crippen molar-refractivity contribution in [2.45, 2.75) is 32.1 Å². The van der Waals surface area contributed by atoms with Gasteiger partial charge in [0.05, 0.1) is 0 Å². The molecule has 0 radical (unpaired) electrons. The maximum absolute atomic E-state index is 5.86. The molecule has 2 N–H and O–H groups in total. The van der Waals surface area contributed by atoms with Crippen LogP contribution in [-0.4, -0.2) is 36.6 Å². The van der Waals surface area contributed by atoms with E-state index in [2.05, 4.69) is 26.8 Å². The molecule has 2 aliphatic heterocycles. The number of hydrogen-bond acceptors (Lipinski definition) is 5. The third-order valence-corrected chi connectivity index (χ3v) is 3.95. The summed E-state index contributed by atoms with van der Waals surface area (Å²) in [4.78, 5) is 13.5. The van der Waals surface area contributed by atoms with Crippen molar-refractivity contribution in [2.75, 3.05) is 42.2 Å². The van der Waals surface area contributed by atoms with Crippen LogP contribution >= 0.6 is 0 Å². The van der Waals surface area contributed by atoms with Gasteiger partial charge in [0.15, 0.2) is 0 Å². The lowest BCUT2D eigenvalue weighted by molar-refractivity contribution is 0.726.